The number of carbonyl (C=O) groups is 1. The van der Waals surface area contributed by atoms with Gasteiger partial charge in [-0.15, -0.1) is 0 Å². The number of nitrogens with zero attached hydrogens (tertiary/aromatic N) is 1. The number of ether oxygens (including phenoxy) is 1. The Kier molecular flexibility index (Phi) is 3.87. The molecule has 2 unspecified atom stereocenters. The van der Waals surface area contributed by atoms with Crippen LogP contribution in [0.5, 0.6) is 5.75 Å². The molecule has 2 rings (SSSR count). The van der Waals surface area contributed by atoms with Gasteiger partial charge in [0.1, 0.15) is 5.75 Å². The monoisotopic (exact) mass is 249 g/mol. The van der Waals surface area contributed by atoms with E-state index in [9.17, 15) is 4.79 Å². The van der Waals surface area contributed by atoms with Crippen molar-refractivity contribution < 1.29 is 14.6 Å². The summed E-state index contributed by atoms with van der Waals surface area (Å²) in [5, 5.41) is 9.05. The maximum Gasteiger partial charge on any atom is 0.308 e. The second kappa shape index (κ2) is 5.40. The second-order valence-corrected chi connectivity index (χ2v) is 4.86. The molecular weight excluding hydrogens is 230 g/mol. The van der Waals surface area contributed by atoms with Gasteiger partial charge >= 0.3 is 5.97 Å². The van der Waals surface area contributed by atoms with Crippen molar-refractivity contribution >= 4 is 5.97 Å². The first-order valence-corrected chi connectivity index (χ1v) is 6.18. The fourth-order valence-electron chi connectivity index (χ4n) is 2.47. The van der Waals surface area contributed by atoms with Crippen LogP contribution in [0, 0.1) is 5.92 Å². The van der Waals surface area contributed by atoms with Crippen LogP contribution in [-0.4, -0.2) is 36.2 Å². The quantitative estimate of drug-likeness (QED) is 0.867. The van der Waals surface area contributed by atoms with E-state index in [0.29, 0.717) is 0 Å². The van der Waals surface area contributed by atoms with E-state index in [4.69, 9.17) is 9.84 Å². The van der Waals surface area contributed by atoms with E-state index in [1.165, 1.54) is 0 Å². The molecule has 1 fully saturated rings. The first-order chi connectivity index (χ1) is 8.61. The van der Waals surface area contributed by atoms with Gasteiger partial charge in [0.15, 0.2) is 0 Å². The third-order valence-corrected chi connectivity index (χ3v) is 3.69. The van der Waals surface area contributed by atoms with Gasteiger partial charge in [-0.25, -0.2) is 0 Å². The molecule has 0 bridgehead atoms. The van der Waals surface area contributed by atoms with Crippen molar-refractivity contribution in [2.24, 2.45) is 5.92 Å². The molecule has 0 heterocycles. The highest BCUT2D eigenvalue weighted by atomic mass is 16.5. The Hall–Kier alpha value is -1.55. The fourth-order valence-corrected chi connectivity index (χ4v) is 2.47. The summed E-state index contributed by atoms with van der Waals surface area (Å²) in [7, 11) is 3.63. The lowest BCUT2D eigenvalue weighted by molar-refractivity contribution is -0.148. The van der Waals surface area contributed by atoms with Crippen LogP contribution in [0.15, 0.2) is 24.3 Å². The van der Waals surface area contributed by atoms with E-state index in [2.05, 4.69) is 4.90 Å². The SMILES string of the molecule is COc1cccc(CN(C)C2CCC2C(=O)O)c1. The van der Waals surface area contributed by atoms with Crippen molar-refractivity contribution in [3.05, 3.63) is 29.8 Å². The summed E-state index contributed by atoms with van der Waals surface area (Å²) >= 11 is 0. The Morgan fingerprint density at radius 1 is 1.50 bits per heavy atom. The largest absolute Gasteiger partial charge is 0.497 e. The molecule has 1 aromatic carbocycles. The molecule has 1 saturated carbocycles. The maximum atomic E-state index is 11.0. The molecule has 0 amide bonds. The van der Waals surface area contributed by atoms with Gasteiger partial charge in [0.05, 0.1) is 13.0 Å². The third-order valence-electron chi connectivity index (χ3n) is 3.69. The van der Waals surface area contributed by atoms with Gasteiger partial charge in [-0.05, 0) is 37.6 Å². The van der Waals surface area contributed by atoms with E-state index in [1.54, 1.807) is 7.11 Å². The van der Waals surface area contributed by atoms with Gasteiger partial charge in [-0.3, -0.25) is 9.69 Å². The van der Waals surface area contributed by atoms with E-state index in [0.717, 1.165) is 30.7 Å². The predicted molar refractivity (Wildman–Crippen MR) is 68.6 cm³/mol. The molecule has 1 aromatic rings. The Labute approximate surface area is 107 Å². The molecular formula is C14H19NO3. The molecule has 0 aliphatic heterocycles. The lowest BCUT2D eigenvalue weighted by Crippen LogP contribution is -2.48. The van der Waals surface area contributed by atoms with E-state index in [-0.39, 0.29) is 12.0 Å². The zero-order valence-corrected chi connectivity index (χ0v) is 10.8. The summed E-state index contributed by atoms with van der Waals surface area (Å²) in [4.78, 5) is 13.1. The number of carboxylic acids is 1. The van der Waals surface area contributed by atoms with Crippen LogP contribution in [0.1, 0.15) is 18.4 Å². The molecule has 1 aliphatic carbocycles. The van der Waals surface area contributed by atoms with Crippen LogP contribution in [-0.2, 0) is 11.3 Å². The summed E-state index contributed by atoms with van der Waals surface area (Å²) in [6.45, 7) is 0.756. The highest BCUT2D eigenvalue weighted by Gasteiger charge is 2.38. The third kappa shape index (κ3) is 2.64. The number of rotatable bonds is 5. The normalized spacial score (nSPS) is 22.6. The fraction of sp³-hybridized carbons (Fsp3) is 0.500. The smallest absolute Gasteiger partial charge is 0.308 e. The predicted octanol–water partition coefficient (Wildman–Crippen LogP) is 1.99. The zero-order chi connectivity index (χ0) is 13.1. The molecule has 0 radical (unpaired) electrons. The number of hydrogen-bond donors (Lipinski definition) is 1. The van der Waals surface area contributed by atoms with Crippen molar-refractivity contribution in [3.63, 3.8) is 0 Å². The minimum Gasteiger partial charge on any atom is -0.497 e. The molecule has 98 valence electrons. The number of benzene rings is 1. The van der Waals surface area contributed by atoms with Crippen LogP contribution in [0.2, 0.25) is 0 Å². The molecule has 18 heavy (non-hydrogen) atoms. The van der Waals surface area contributed by atoms with E-state index >= 15 is 0 Å². The molecule has 1 N–H and O–H groups in total. The summed E-state index contributed by atoms with van der Waals surface area (Å²) in [6, 6.07) is 8.05. The molecule has 0 aromatic heterocycles. The zero-order valence-electron chi connectivity index (χ0n) is 10.8. The van der Waals surface area contributed by atoms with Crippen LogP contribution in [0.25, 0.3) is 0 Å². The van der Waals surface area contributed by atoms with Crippen molar-refractivity contribution in [3.8, 4) is 5.75 Å². The molecule has 2 atom stereocenters. The maximum absolute atomic E-state index is 11.0. The van der Waals surface area contributed by atoms with Gasteiger partial charge < -0.3 is 9.84 Å². The van der Waals surface area contributed by atoms with Crippen LogP contribution in [0.4, 0.5) is 0 Å². The van der Waals surface area contributed by atoms with Gasteiger partial charge in [0, 0.05) is 12.6 Å². The number of methoxy groups -OCH3 is 1. The molecule has 0 spiro atoms. The minimum atomic E-state index is -0.677. The number of aliphatic carboxylic acids is 1. The standard InChI is InChI=1S/C14H19NO3/c1-15(13-7-6-12(13)14(16)17)9-10-4-3-5-11(8-10)18-2/h3-5,8,12-13H,6-7,9H2,1-2H3,(H,16,17). The highest BCUT2D eigenvalue weighted by Crippen LogP contribution is 2.32. The highest BCUT2D eigenvalue weighted by molar-refractivity contribution is 5.72. The van der Waals surface area contributed by atoms with Crippen LogP contribution in [0.3, 0.4) is 0 Å². The molecule has 0 saturated heterocycles. The summed E-state index contributed by atoms with van der Waals surface area (Å²) in [6.07, 6.45) is 1.76. The van der Waals surface area contributed by atoms with Crippen molar-refractivity contribution in [2.45, 2.75) is 25.4 Å². The first kappa shape index (κ1) is 12.9. The minimum absolute atomic E-state index is 0.161. The van der Waals surface area contributed by atoms with E-state index in [1.807, 2.05) is 31.3 Å². The molecule has 4 heteroatoms. The van der Waals surface area contributed by atoms with Gasteiger partial charge in [-0.2, -0.15) is 0 Å². The lowest BCUT2D eigenvalue weighted by Gasteiger charge is -2.40. The second-order valence-electron chi connectivity index (χ2n) is 4.86. The average molecular weight is 249 g/mol. The Morgan fingerprint density at radius 2 is 2.28 bits per heavy atom. The van der Waals surface area contributed by atoms with Crippen molar-refractivity contribution in [1.29, 1.82) is 0 Å². The topological polar surface area (TPSA) is 49.8 Å². The van der Waals surface area contributed by atoms with Crippen molar-refractivity contribution in [1.82, 2.24) is 4.90 Å². The van der Waals surface area contributed by atoms with Crippen molar-refractivity contribution in [2.75, 3.05) is 14.2 Å². The van der Waals surface area contributed by atoms with Crippen LogP contribution < -0.4 is 4.74 Å². The molecule has 1 aliphatic rings. The lowest BCUT2D eigenvalue weighted by atomic mass is 9.78. The summed E-state index contributed by atoms with van der Waals surface area (Å²) in [5.41, 5.74) is 1.15. The van der Waals surface area contributed by atoms with Crippen LogP contribution >= 0.6 is 0 Å². The van der Waals surface area contributed by atoms with Gasteiger partial charge in [0.25, 0.3) is 0 Å². The first-order valence-electron chi connectivity index (χ1n) is 6.18. The number of carboxylic acid groups (broad SMARTS) is 1. The Bertz CT molecular complexity index is 433. The van der Waals surface area contributed by atoms with E-state index < -0.39 is 5.97 Å². The average Bonchev–Trinajstić information content (AvgIpc) is 2.26. The Balaban J connectivity index is 1.98. The number of hydrogen-bond acceptors (Lipinski definition) is 3. The van der Waals surface area contributed by atoms with Gasteiger partial charge in [-0.1, -0.05) is 12.1 Å². The summed E-state index contributed by atoms with van der Waals surface area (Å²) in [5.74, 6) is -0.0476. The Morgan fingerprint density at radius 3 is 2.83 bits per heavy atom. The summed E-state index contributed by atoms with van der Waals surface area (Å²) < 4.78 is 5.18. The van der Waals surface area contributed by atoms with Gasteiger partial charge in [0.2, 0.25) is 0 Å². The molecule has 4 nitrogen and oxygen atoms in total.